The van der Waals surface area contributed by atoms with Gasteiger partial charge in [0.05, 0.1) is 12.6 Å². The van der Waals surface area contributed by atoms with Crippen LogP contribution in [0.15, 0.2) is 18.3 Å². The molecule has 0 saturated carbocycles. The van der Waals surface area contributed by atoms with E-state index in [1.165, 1.54) is 0 Å². The molecule has 8 heteroatoms. The van der Waals surface area contributed by atoms with Crippen LogP contribution < -0.4 is 15.5 Å². The number of hydrogen-bond acceptors (Lipinski definition) is 5. The second kappa shape index (κ2) is 6.98. The molecule has 1 atom stereocenters. The number of aromatic nitrogens is 1. The number of halogens is 2. The number of piperazine rings is 1. The minimum atomic E-state index is -2.80. The highest BCUT2D eigenvalue weighted by atomic mass is 19.3. The fourth-order valence-electron chi connectivity index (χ4n) is 3.08. The molecule has 1 unspecified atom stereocenters. The Balaban J connectivity index is 1.60. The molecular formula is C16H23F2N5O. The second-order valence-corrected chi connectivity index (χ2v) is 6.49. The van der Waals surface area contributed by atoms with Crippen molar-refractivity contribution in [1.82, 2.24) is 20.5 Å². The molecule has 0 aromatic carbocycles. The van der Waals surface area contributed by atoms with Gasteiger partial charge in [0, 0.05) is 50.9 Å². The lowest BCUT2D eigenvalue weighted by molar-refractivity contribution is -0.123. The number of anilines is 1. The first kappa shape index (κ1) is 17.0. The smallest absolute Gasteiger partial charge is 0.262 e. The summed E-state index contributed by atoms with van der Waals surface area (Å²) in [4.78, 5) is 21.0. The molecule has 1 aromatic heterocycles. The molecule has 0 radical (unpaired) electrons. The van der Waals surface area contributed by atoms with Gasteiger partial charge in [0.2, 0.25) is 5.91 Å². The molecule has 0 spiro atoms. The largest absolute Gasteiger partial charge is 0.354 e. The SMILES string of the molecule is CN1CCN(c2ncccc2CNC(=O)C2CC(F)(F)CN2)CC1. The van der Waals surface area contributed by atoms with E-state index >= 15 is 0 Å². The third-order valence-electron chi connectivity index (χ3n) is 4.55. The molecule has 2 aliphatic rings. The minimum absolute atomic E-state index is 0.290. The lowest BCUT2D eigenvalue weighted by Gasteiger charge is -2.34. The van der Waals surface area contributed by atoms with Crippen molar-refractivity contribution >= 4 is 11.7 Å². The van der Waals surface area contributed by atoms with Gasteiger partial charge in [-0.05, 0) is 13.1 Å². The summed E-state index contributed by atoms with van der Waals surface area (Å²) in [7, 11) is 2.08. The normalized spacial score (nSPS) is 24.1. The van der Waals surface area contributed by atoms with Crippen molar-refractivity contribution < 1.29 is 13.6 Å². The summed E-state index contributed by atoms with van der Waals surface area (Å²) in [5.41, 5.74) is 0.903. The van der Waals surface area contributed by atoms with E-state index in [2.05, 4.69) is 32.5 Å². The highest BCUT2D eigenvalue weighted by molar-refractivity contribution is 5.82. The quantitative estimate of drug-likeness (QED) is 0.834. The fourth-order valence-corrected chi connectivity index (χ4v) is 3.08. The summed E-state index contributed by atoms with van der Waals surface area (Å²) >= 11 is 0. The standard InChI is InChI=1S/C16H23F2N5O/c1-22-5-7-23(8-6-22)14-12(3-2-4-19-14)10-20-15(24)13-9-16(17,18)11-21-13/h2-4,13,21H,5-11H2,1H3,(H,20,24). The van der Waals surface area contributed by atoms with Gasteiger partial charge in [0.25, 0.3) is 5.92 Å². The van der Waals surface area contributed by atoms with E-state index < -0.39 is 24.9 Å². The molecule has 2 fully saturated rings. The van der Waals surface area contributed by atoms with Gasteiger partial charge in [-0.15, -0.1) is 0 Å². The van der Waals surface area contributed by atoms with Crippen molar-refractivity contribution in [3.8, 4) is 0 Å². The lowest BCUT2D eigenvalue weighted by atomic mass is 10.1. The van der Waals surface area contributed by atoms with E-state index in [9.17, 15) is 13.6 Å². The maximum Gasteiger partial charge on any atom is 0.262 e. The van der Waals surface area contributed by atoms with Crippen LogP contribution in [0.1, 0.15) is 12.0 Å². The van der Waals surface area contributed by atoms with Gasteiger partial charge < -0.3 is 15.1 Å². The van der Waals surface area contributed by atoms with E-state index in [4.69, 9.17) is 0 Å². The maximum atomic E-state index is 13.2. The molecule has 3 rings (SSSR count). The fraction of sp³-hybridized carbons (Fsp3) is 0.625. The Bertz CT molecular complexity index is 590. The van der Waals surface area contributed by atoms with Crippen LogP contribution in [-0.2, 0) is 11.3 Å². The Kier molecular flexibility index (Phi) is 4.96. The summed E-state index contributed by atoms with van der Waals surface area (Å²) < 4.78 is 26.4. The number of hydrogen-bond donors (Lipinski definition) is 2. The van der Waals surface area contributed by atoms with Crippen molar-refractivity contribution in [2.75, 3.05) is 44.7 Å². The minimum Gasteiger partial charge on any atom is -0.354 e. The molecule has 2 aliphatic heterocycles. The van der Waals surface area contributed by atoms with Crippen molar-refractivity contribution in [3.05, 3.63) is 23.9 Å². The maximum absolute atomic E-state index is 13.2. The van der Waals surface area contributed by atoms with Gasteiger partial charge >= 0.3 is 0 Å². The first-order valence-electron chi connectivity index (χ1n) is 8.21. The molecule has 1 aromatic rings. The van der Waals surface area contributed by atoms with Crippen LogP contribution >= 0.6 is 0 Å². The summed E-state index contributed by atoms with van der Waals surface area (Å²) in [6.07, 6.45) is 1.29. The predicted molar refractivity (Wildman–Crippen MR) is 87.1 cm³/mol. The Morgan fingerprint density at radius 3 is 2.83 bits per heavy atom. The van der Waals surface area contributed by atoms with Crippen LogP contribution in [-0.4, -0.2) is 67.5 Å². The van der Waals surface area contributed by atoms with Gasteiger partial charge in [-0.3, -0.25) is 10.1 Å². The van der Waals surface area contributed by atoms with Crippen LogP contribution in [0, 0.1) is 0 Å². The highest BCUT2D eigenvalue weighted by Gasteiger charge is 2.42. The molecule has 1 amide bonds. The topological polar surface area (TPSA) is 60.5 Å². The van der Waals surface area contributed by atoms with E-state index in [1.807, 2.05) is 12.1 Å². The van der Waals surface area contributed by atoms with Gasteiger partial charge in [0.1, 0.15) is 5.82 Å². The second-order valence-electron chi connectivity index (χ2n) is 6.49. The molecular weight excluding hydrogens is 316 g/mol. The predicted octanol–water partition coefficient (Wildman–Crippen LogP) is 0.447. The molecule has 24 heavy (non-hydrogen) atoms. The first-order valence-corrected chi connectivity index (χ1v) is 8.21. The number of carbonyl (C=O) groups excluding carboxylic acids is 1. The molecule has 0 bridgehead atoms. The Morgan fingerprint density at radius 1 is 1.42 bits per heavy atom. The van der Waals surface area contributed by atoms with Crippen molar-refractivity contribution in [2.24, 2.45) is 0 Å². The van der Waals surface area contributed by atoms with E-state index in [0.29, 0.717) is 0 Å². The zero-order valence-electron chi connectivity index (χ0n) is 13.8. The lowest BCUT2D eigenvalue weighted by Crippen LogP contribution is -2.45. The van der Waals surface area contributed by atoms with Crippen LogP contribution in [0.2, 0.25) is 0 Å². The molecule has 2 N–H and O–H groups in total. The van der Waals surface area contributed by atoms with Gasteiger partial charge in [-0.2, -0.15) is 0 Å². The van der Waals surface area contributed by atoms with Gasteiger partial charge in [0.15, 0.2) is 0 Å². The summed E-state index contributed by atoms with van der Waals surface area (Å²) in [5, 5.41) is 5.33. The van der Waals surface area contributed by atoms with E-state index in [1.54, 1.807) is 6.20 Å². The van der Waals surface area contributed by atoms with Gasteiger partial charge in [-0.25, -0.2) is 13.8 Å². The van der Waals surface area contributed by atoms with Crippen LogP contribution in [0.25, 0.3) is 0 Å². The average molecular weight is 339 g/mol. The summed E-state index contributed by atoms with van der Waals surface area (Å²) in [6.45, 7) is 3.53. The summed E-state index contributed by atoms with van der Waals surface area (Å²) in [5.74, 6) is -2.34. The number of amides is 1. The first-order chi connectivity index (χ1) is 11.4. The van der Waals surface area contributed by atoms with Crippen LogP contribution in [0.4, 0.5) is 14.6 Å². The molecule has 6 nitrogen and oxygen atoms in total. The average Bonchev–Trinajstić information content (AvgIpc) is 2.94. The third-order valence-corrected chi connectivity index (χ3v) is 4.55. The number of rotatable bonds is 4. The zero-order valence-corrected chi connectivity index (χ0v) is 13.8. The zero-order chi connectivity index (χ0) is 17.2. The number of pyridine rings is 1. The Labute approximate surface area is 140 Å². The molecule has 132 valence electrons. The number of nitrogens with one attached hydrogen (secondary N) is 2. The third kappa shape index (κ3) is 3.99. The molecule has 0 aliphatic carbocycles. The van der Waals surface area contributed by atoms with Crippen molar-refractivity contribution in [2.45, 2.75) is 24.9 Å². The van der Waals surface area contributed by atoms with Crippen molar-refractivity contribution in [3.63, 3.8) is 0 Å². The summed E-state index contributed by atoms with van der Waals surface area (Å²) in [6, 6.07) is 2.91. The van der Waals surface area contributed by atoms with E-state index in [-0.39, 0.29) is 12.5 Å². The molecule has 2 saturated heterocycles. The van der Waals surface area contributed by atoms with Gasteiger partial charge in [-0.1, -0.05) is 6.07 Å². The Hall–Kier alpha value is -1.80. The van der Waals surface area contributed by atoms with Crippen molar-refractivity contribution in [1.29, 1.82) is 0 Å². The van der Waals surface area contributed by atoms with Crippen LogP contribution in [0.5, 0.6) is 0 Å². The monoisotopic (exact) mass is 339 g/mol. The number of likely N-dealkylation sites (N-methyl/N-ethyl adjacent to an activating group) is 1. The molecule has 3 heterocycles. The number of nitrogens with zero attached hydrogens (tertiary/aromatic N) is 3. The highest BCUT2D eigenvalue weighted by Crippen LogP contribution is 2.25. The number of carbonyl (C=O) groups is 1. The van der Waals surface area contributed by atoms with Crippen LogP contribution in [0.3, 0.4) is 0 Å². The Morgan fingerprint density at radius 2 is 2.17 bits per heavy atom. The van der Waals surface area contributed by atoms with E-state index in [0.717, 1.165) is 37.6 Å². The number of alkyl halides is 2.